The Kier molecular flexibility index (Phi) is 6.36. The van der Waals surface area contributed by atoms with Gasteiger partial charge in [-0.3, -0.25) is 9.59 Å². The minimum absolute atomic E-state index is 0.0286. The van der Waals surface area contributed by atoms with Crippen molar-refractivity contribution in [3.63, 3.8) is 0 Å². The van der Waals surface area contributed by atoms with Gasteiger partial charge in [0, 0.05) is 22.3 Å². The summed E-state index contributed by atoms with van der Waals surface area (Å²) < 4.78 is 40.4. The van der Waals surface area contributed by atoms with Crippen LogP contribution in [-0.4, -0.2) is 23.0 Å². The Balaban J connectivity index is 1.56. The molecule has 1 heterocycles. The highest BCUT2D eigenvalue weighted by Crippen LogP contribution is 2.26. The normalized spacial score (nSPS) is 11.1. The third-order valence-electron chi connectivity index (χ3n) is 3.79. The van der Waals surface area contributed by atoms with E-state index in [1.807, 2.05) is 0 Å². The molecule has 0 fully saturated rings. The van der Waals surface area contributed by atoms with E-state index in [0.717, 1.165) is 0 Å². The van der Waals surface area contributed by atoms with Crippen molar-refractivity contribution in [2.45, 2.75) is 19.7 Å². The molecule has 1 amide bonds. The lowest BCUT2D eigenvalue weighted by atomic mass is 10.1. The molecule has 0 spiro atoms. The predicted molar refractivity (Wildman–Crippen MR) is 107 cm³/mol. The third kappa shape index (κ3) is 6.31. The summed E-state index contributed by atoms with van der Waals surface area (Å²) in [6.45, 7) is 1.45. The molecule has 0 atom stereocenters. The van der Waals surface area contributed by atoms with Crippen molar-refractivity contribution in [1.82, 2.24) is 4.98 Å². The van der Waals surface area contributed by atoms with Crippen LogP contribution in [0.25, 0.3) is 0 Å². The fourth-order valence-corrected chi connectivity index (χ4v) is 3.23. The number of Topliss-reactive ketones (excluding diaryl/α,β-unsaturated/α-hetero) is 1. The highest BCUT2D eigenvalue weighted by atomic mass is 32.1. The molecule has 0 saturated carbocycles. The van der Waals surface area contributed by atoms with Crippen LogP contribution in [-0.2, 0) is 11.2 Å². The Labute approximate surface area is 173 Å². The second-order valence-electron chi connectivity index (χ2n) is 6.20. The van der Waals surface area contributed by atoms with Crippen molar-refractivity contribution in [1.29, 1.82) is 0 Å². The summed E-state index contributed by atoms with van der Waals surface area (Å²) in [6.07, 6.45) is -4.71. The Bertz CT molecular complexity index is 1050. The van der Waals surface area contributed by atoms with Crippen LogP contribution in [0.2, 0.25) is 0 Å². The molecule has 0 aliphatic heterocycles. The number of anilines is 3. The number of aromatic nitrogens is 1. The lowest BCUT2D eigenvalue weighted by Crippen LogP contribution is -2.16. The first-order valence-electron chi connectivity index (χ1n) is 8.66. The summed E-state index contributed by atoms with van der Waals surface area (Å²) in [7, 11) is 0. The molecule has 2 N–H and O–H groups in total. The van der Waals surface area contributed by atoms with Crippen LogP contribution in [0.3, 0.4) is 0 Å². The fraction of sp³-hybridized carbons (Fsp3) is 0.150. The number of halogens is 3. The predicted octanol–water partition coefficient (Wildman–Crippen LogP) is 5.17. The van der Waals surface area contributed by atoms with Crippen LogP contribution < -0.4 is 15.4 Å². The van der Waals surface area contributed by atoms with Crippen molar-refractivity contribution >= 4 is 39.5 Å². The minimum Gasteiger partial charge on any atom is -0.406 e. The maximum absolute atomic E-state index is 12.2. The molecular weight excluding hydrogens is 419 g/mol. The summed E-state index contributed by atoms with van der Waals surface area (Å²) in [5.74, 6) is -0.709. The van der Waals surface area contributed by atoms with Crippen molar-refractivity contribution in [3.8, 4) is 5.75 Å². The maximum Gasteiger partial charge on any atom is 0.573 e. The van der Waals surface area contributed by atoms with Crippen molar-refractivity contribution < 1.29 is 27.5 Å². The first-order valence-corrected chi connectivity index (χ1v) is 9.54. The molecule has 0 saturated heterocycles. The number of ketones is 1. The number of carbonyl (C=O) groups excluding carboxylic acids is 2. The van der Waals surface area contributed by atoms with Crippen molar-refractivity contribution in [2.75, 3.05) is 10.6 Å². The van der Waals surface area contributed by atoms with Gasteiger partial charge in [0.1, 0.15) is 5.75 Å². The topological polar surface area (TPSA) is 80.3 Å². The van der Waals surface area contributed by atoms with E-state index in [9.17, 15) is 22.8 Å². The molecule has 30 heavy (non-hydrogen) atoms. The molecule has 0 aliphatic carbocycles. The molecular formula is C20H16F3N3O3S. The van der Waals surface area contributed by atoms with Gasteiger partial charge in [0.25, 0.3) is 0 Å². The van der Waals surface area contributed by atoms with E-state index >= 15 is 0 Å². The van der Waals surface area contributed by atoms with Gasteiger partial charge in [0.05, 0.1) is 12.1 Å². The molecule has 3 rings (SSSR count). The molecule has 0 radical (unpaired) electrons. The molecule has 2 aromatic carbocycles. The number of thiazole rings is 1. The zero-order valence-corrected chi connectivity index (χ0v) is 16.4. The van der Waals surface area contributed by atoms with Gasteiger partial charge in [-0.1, -0.05) is 12.1 Å². The molecule has 0 bridgehead atoms. The van der Waals surface area contributed by atoms with Gasteiger partial charge in [-0.15, -0.1) is 24.5 Å². The molecule has 1 aromatic heterocycles. The van der Waals surface area contributed by atoms with Crippen LogP contribution in [0.1, 0.15) is 23.0 Å². The van der Waals surface area contributed by atoms with Gasteiger partial charge in [0.2, 0.25) is 5.91 Å². The van der Waals surface area contributed by atoms with Gasteiger partial charge in [-0.2, -0.15) is 0 Å². The van der Waals surface area contributed by atoms with E-state index in [4.69, 9.17) is 0 Å². The number of nitrogens with zero attached hydrogens (tertiary/aromatic N) is 1. The Hall–Kier alpha value is -3.40. The second-order valence-corrected chi connectivity index (χ2v) is 7.06. The largest absolute Gasteiger partial charge is 0.573 e. The number of rotatable bonds is 7. The highest BCUT2D eigenvalue weighted by Gasteiger charge is 2.30. The average Bonchev–Trinajstić information content (AvgIpc) is 3.09. The quantitative estimate of drug-likeness (QED) is 0.501. The average molecular weight is 435 g/mol. The van der Waals surface area contributed by atoms with E-state index < -0.39 is 6.36 Å². The molecule has 6 nitrogen and oxygen atoms in total. The van der Waals surface area contributed by atoms with E-state index in [2.05, 4.69) is 20.4 Å². The van der Waals surface area contributed by atoms with Crippen molar-refractivity contribution in [3.05, 3.63) is 65.2 Å². The third-order valence-corrected chi connectivity index (χ3v) is 4.59. The minimum atomic E-state index is -4.74. The number of carbonyl (C=O) groups is 2. The van der Waals surface area contributed by atoms with Gasteiger partial charge < -0.3 is 15.4 Å². The molecule has 3 aromatic rings. The zero-order valence-electron chi connectivity index (χ0n) is 15.6. The van der Waals surface area contributed by atoms with Crippen LogP contribution in [0.15, 0.2) is 53.9 Å². The number of amides is 1. The SMILES string of the molecule is CC(=O)c1cccc(NC(=O)Cc2csc(Nc3ccc(OC(F)(F)F)cc3)n2)c1. The number of benzene rings is 2. The van der Waals surface area contributed by atoms with Crippen LogP contribution in [0, 0.1) is 0 Å². The first kappa shape index (κ1) is 21.3. The first-order chi connectivity index (χ1) is 14.2. The monoisotopic (exact) mass is 435 g/mol. The van der Waals surface area contributed by atoms with Crippen LogP contribution >= 0.6 is 11.3 Å². The van der Waals surface area contributed by atoms with Gasteiger partial charge >= 0.3 is 6.36 Å². The van der Waals surface area contributed by atoms with Gasteiger partial charge in [-0.25, -0.2) is 4.98 Å². The summed E-state index contributed by atoms with van der Waals surface area (Å²) in [4.78, 5) is 27.9. The maximum atomic E-state index is 12.2. The number of hydrogen-bond acceptors (Lipinski definition) is 6. The second kappa shape index (κ2) is 8.95. The van der Waals surface area contributed by atoms with Gasteiger partial charge in [0.15, 0.2) is 10.9 Å². The standard InChI is InChI=1S/C20H16F3N3O3S/c1-12(27)13-3-2-4-15(9-13)24-18(28)10-16-11-30-19(26-16)25-14-5-7-17(8-6-14)29-20(21,22)23/h2-9,11H,10H2,1H3,(H,24,28)(H,25,26). The molecule has 156 valence electrons. The van der Waals surface area contributed by atoms with E-state index in [0.29, 0.717) is 27.8 Å². The smallest absolute Gasteiger partial charge is 0.406 e. The summed E-state index contributed by atoms with van der Waals surface area (Å²) in [5, 5.41) is 7.87. The lowest BCUT2D eigenvalue weighted by Gasteiger charge is -2.09. The summed E-state index contributed by atoms with van der Waals surface area (Å²) in [5.41, 5.74) is 2.07. The Morgan fingerprint density at radius 3 is 2.50 bits per heavy atom. The number of nitrogens with one attached hydrogen (secondary N) is 2. The zero-order chi connectivity index (χ0) is 21.7. The number of ether oxygens (including phenoxy) is 1. The molecule has 0 unspecified atom stereocenters. The highest BCUT2D eigenvalue weighted by molar-refractivity contribution is 7.13. The molecule has 10 heteroatoms. The van der Waals surface area contributed by atoms with Crippen LogP contribution in [0.4, 0.5) is 29.7 Å². The number of hydrogen-bond donors (Lipinski definition) is 2. The number of alkyl halides is 3. The Morgan fingerprint density at radius 1 is 1.10 bits per heavy atom. The fourth-order valence-electron chi connectivity index (χ4n) is 2.49. The van der Waals surface area contributed by atoms with Crippen LogP contribution in [0.5, 0.6) is 5.75 Å². The van der Waals surface area contributed by atoms with E-state index in [1.54, 1.807) is 29.6 Å². The van der Waals surface area contributed by atoms with Gasteiger partial charge in [-0.05, 0) is 43.3 Å². The van der Waals surface area contributed by atoms with E-state index in [1.165, 1.54) is 42.5 Å². The lowest BCUT2D eigenvalue weighted by molar-refractivity contribution is -0.274. The van der Waals surface area contributed by atoms with E-state index in [-0.39, 0.29) is 23.9 Å². The summed E-state index contributed by atoms with van der Waals surface area (Å²) in [6, 6.07) is 11.9. The van der Waals surface area contributed by atoms with Crippen molar-refractivity contribution in [2.24, 2.45) is 0 Å². The Morgan fingerprint density at radius 2 is 1.83 bits per heavy atom. The molecule has 0 aliphatic rings. The summed E-state index contributed by atoms with van der Waals surface area (Å²) >= 11 is 1.26.